The maximum absolute atomic E-state index is 12.6. The van der Waals surface area contributed by atoms with Gasteiger partial charge in [0.1, 0.15) is 12.8 Å². The van der Waals surface area contributed by atoms with Crippen molar-refractivity contribution in [1.82, 2.24) is 9.55 Å². The van der Waals surface area contributed by atoms with E-state index in [4.69, 9.17) is 13.9 Å². The molecule has 0 amide bonds. The highest BCUT2D eigenvalue weighted by Crippen LogP contribution is 2.44. The monoisotopic (exact) mass is 490 g/mol. The molecule has 9 nitrogen and oxygen atoms in total. The third-order valence-corrected chi connectivity index (χ3v) is 11.3. The minimum absolute atomic E-state index is 0.127. The summed E-state index contributed by atoms with van der Waals surface area (Å²) in [4.78, 5) is 39.3. The van der Waals surface area contributed by atoms with Crippen LogP contribution in [0.3, 0.4) is 0 Å². The van der Waals surface area contributed by atoms with Gasteiger partial charge in [0.25, 0.3) is 5.56 Å². The van der Waals surface area contributed by atoms with Crippen molar-refractivity contribution in [1.29, 1.82) is 0 Å². The molecule has 1 aliphatic rings. The third kappa shape index (κ3) is 5.25. The van der Waals surface area contributed by atoms with E-state index in [2.05, 4.69) is 38.8 Å². The van der Waals surface area contributed by atoms with E-state index >= 15 is 0 Å². The van der Waals surface area contributed by atoms with Gasteiger partial charge in [0.05, 0.1) is 18.3 Å². The molecule has 0 radical (unpaired) electrons. The van der Waals surface area contributed by atoms with Gasteiger partial charge in [-0.05, 0) is 37.2 Å². The number of carbonyl (C=O) groups excluding carboxylic acids is 1. The molecule has 3 rings (SSSR count). The largest absolute Gasteiger partial charge is 0.459 e. The van der Waals surface area contributed by atoms with E-state index in [0.29, 0.717) is 11.1 Å². The Bertz CT molecular complexity index is 1140. The highest BCUT2D eigenvalue weighted by molar-refractivity contribution is 6.74. The number of aryl methyl sites for hydroxylation is 1. The Kier molecular flexibility index (Phi) is 7.37. The number of rotatable bonds is 7. The molecule has 2 aromatic rings. The van der Waals surface area contributed by atoms with Crippen LogP contribution in [0.25, 0.3) is 0 Å². The second kappa shape index (κ2) is 9.61. The number of H-pyrrole nitrogens is 1. The molecule has 0 spiro atoms. The summed E-state index contributed by atoms with van der Waals surface area (Å²) < 4.78 is 19.7. The number of aliphatic hydroxyl groups is 1. The van der Waals surface area contributed by atoms with Crippen LogP contribution in [0, 0.1) is 6.92 Å². The van der Waals surface area contributed by atoms with Gasteiger partial charge in [0.2, 0.25) is 0 Å². The van der Waals surface area contributed by atoms with Crippen LogP contribution < -0.4 is 11.2 Å². The van der Waals surface area contributed by atoms with E-state index < -0.39 is 50.1 Å². The quantitative estimate of drug-likeness (QED) is 0.452. The first-order valence-corrected chi connectivity index (χ1v) is 14.2. The van der Waals surface area contributed by atoms with Crippen molar-refractivity contribution in [2.24, 2.45) is 0 Å². The lowest BCUT2D eigenvalue weighted by Crippen LogP contribution is -2.54. The summed E-state index contributed by atoms with van der Waals surface area (Å²) in [5, 5.41) is 10.4. The van der Waals surface area contributed by atoms with E-state index in [0.717, 1.165) is 0 Å². The summed E-state index contributed by atoms with van der Waals surface area (Å²) in [5.41, 5.74) is -1.75. The van der Waals surface area contributed by atoms with E-state index in [1.807, 2.05) is 0 Å². The molecule has 186 valence electrons. The first kappa shape index (κ1) is 26.1. The normalized spacial score (nSPS) is 23.1. The number of hydrogen-bond donors (Lipinski definition) is 2. The Morgan fingerprint density at radius 2 is 1.91 bits per heavy atom. The second-order valence-corrected chi connectivity index (χ2v) is 15.1. The van der Waals surface area contributed by atoms with Crippen molar-refractivity contribution in [3.05, 3.63) is 68.5 Å². The van der Waals surface area contributed by atoms with Crippen LogP contribution in [-0.2, 0) is 13.9 Å². The molecule has 0 unspecified atom stereocenters. The van der Waals surface area contributed by atoms with E-state index in [-0.39, 0.29) is 18.1 Å². The van der Waals surface area contributed by atoms with Gasteiger partial charge < -0.3 is 19.0 Å². The number of aromatic amines is 1. The smallest absolute Gasteiger partial charge is 0.338 e. The Balaban J connectivity index is 1.95. The summed E-state index contributed by atoms with van der Waals surface area (Å²) in [7, 11) is -2.34. The first-order valence-electron chi connectivity index (χ1n) is 11.3. The number of hydrogen-bond acceptors (Lipinski definition) is 7. The van der Waals surface area contributed by atoms with Crippen LogP contribution in [0.2, 0.25) is 18.1 Å². The zero-order chi connectivity index (χ0) is 25.3. The van der Waals surface area contributed by atoms with Crippen LogP contribution >= 0.6 is 0 Å². The standard InChI is InChI=1S/C24H34N2O7Si/c1-16-13-26(22(30)25-20(16)28)19-12-18(33-34(5,6)23(2,3)4)24(14-27,32-19)15-31-21(29)17-10-8-7-9-11-17/h7-11,13,18-19,27H,12,14-15H2,1-6H3,(H,25,28,30)/t18-,19+,24+/m0/s1. The van der Waals surface area contributed by atoms with Crippen molar-refractivity contribution >= 4 is 14.3 Å². The van der Waals surface area contributed by atoms with Gasteiger partial charge in [-0.3, -0.25) is 14.3 Å². The van der Waals surface area contributed by atoms with Crippen molar-refractivity contribution in [3.63, 3.8) is 0 Å². The van der Waals surface area contributed by atoms with Crippen molar-refractivity contribution in [2.45, 2.75) is 70.2 Å². The van der Waals surface area contributed by atoms with E-state index in [1.165, 1.54) is 10.8 Å². The molecule has 10 heteroatoms. The average Bonchev–Trinajstić information content (AvgIpc) is 3.12. The lowest BCUT2D eigenvalue weighted by atomic mass is 9.99. The average molecular weight is 491 g/mol. The van der Waals surface area contributed by atoms with Crippen LogP contribution in [-0.4, -0.2) is 53.9 Å². The Labute approximate surface area is 199 Å². The SMILES string of the molecule is Cc1cn([C@H]2C[C@H](O[Si](C)(C)C(C)(C)C)[C@@](CO)(COC(=O)c3ccccc3)O2)c(=O)[nH]c1=O. The second-order valence-electron chi connectivity index (χ2n) is 10.3. The zero-order valence-electron chi connectivity index (χ0n) is 20.6. The van der Waals surface area contributed by atoms with Gasteiger partial charge in [-0.25, -0.2) is 9.59 Å². The lowest BCUT2D eigenvalue weighted by molar-refractivity contribution is -0.149. The Morgan fingerprint density at radius 3 is 2.50 bits per heavy atom. The van der Waals surface area contributed by atoms with E-state index in [1.54, 1.807) is 37.3 Å². The van der Waals surface area contributed by atoms with Crippen LogP contribution in [0.15, 0.2) is 46.1 Å². The third-order valence-electron chi connectivity index (χ3n) is 6.80. The molecular weight excluding hydrogens is 456 g/mol. The van der Waals surface area contributed by atoms with Crippen LogP contribution in [0.1, 0.15) is 49.3 Å². The van der Waals surface area contributed by atoms with Gasteiger partial charge in [-0.1, -0.05) is 39.0 Å². The number of ether oxygens (including phenoxy) is 2. The maximum atomic E-state index is 12.6. The number of esters is 1. The Morgan fingerprint density at radius 1 is 1.26 bits per heavy atom. The fraction of sp³-hybridized carbons (Fsp3) is 0.542. The highest BCUT2D eigenvalue weighted by Gasteiger charge is 2.54. The predicted octanol–water partition coefficient (Wildman–Crippen LogP) is 2.74. The molecule has 34 heavy (non-hydrogen) atoms. The van der Waals surface area contributed by atoms with Gasteiger partial charge >= 0.3 is 11.7 Å². The lowest BCUT2D eigenvalue weighted by Gasteiger charge is -2.42. The molecule has 2 heterocycles. The Hall–Kier alpha value is -2.53. The molecule has 0 aliphatic carbocycles. The molecule has 0 bridgehead atoms. The molecule has 1 aromatic heterocycles. The van der Waals surface area contributed by atoms with Gasteiger partial charge in [0, 0.05) is 18.2 Å². The number of carbonyl (C=O) groups is 1. The predicted molar refractivity (Wildman–Crippen MR) is 129 cm³/mol. The zero-order valence-corrected chi connectivity index (χ0v) is 21.6. The van der Waals surface area contributed by atoms with E-state index in [9.17, 15) is 19.5 Å². The molecular formula is C24H34N2O7Si. The topological polar surface area (TPSA) is 120 Å². The number of nitrogens with zero attached hydrogens (tertiary/aromatic N) is 1. The molecule has 1 fully saturated rings. The molecule has 3 atom stereocenters. The van der Waals surface area contributed by atoms with Crippen molar-refractivity contribution in [3.8, 4) is 0 Å². The molecule has 1 aromatic carbocycles. The molecule has 1 saturated heterocycles. The fourth-order valence-corrected chi connectivity index (χ4v) is 4.98. The maximum Gasteiger partial charge on any atom is 0.338 e. The van der Waals surface area contributed by atoms with Gasteiger partial charge in [-0.15, -0.1) is 0 Å². The summed E-state index contributed by atoms with van der Waals surface area (Å²) in [6, 6.07) is 8.53. The van der Waals surface area contributed by atoms with Gasteiger partial charge in [0.15, 0.2) is 13.9 Å². The van der Waals surface area contributed by atoms with Crippen molar-refractivity contribution in [2.75, 3.05) is 13.2 Å². The van der Waals surface area contributed by atoms with Crippen LogP contribution in [0.5, 0.6) is 0 Å². The molecule has 1 aliphatic heterocycles. The number of aliphatic hydroxyl groups excluding tert-OH is 1. The first-order chi connectivity index (χ1) is 15.8. The summed E-state index contributed by atoms with van der Waals surface area (Å²) in [6.45, 7) is 11.3. The van der Waals surface area contributed by atoms with Crippen LogP contribution in [0.4, 0.5) is 0 Å². The summed E-state index contributed by atoms with van der Waals surface area (Å²) >= 11 is 0. The minimum Gasteiger partial charge on any atom is -0.459 e. The molecule has 0 saturated carbocycles. The number of benzene rings is 1. The molecule has 2 N–H and O–H groups in total. The minimum atomic E-state index is -2.34. The summed E-state index contributed by atoms with van der Waals surface area (Å²) in [6.07, 6.45) is 0.200. The highest BCUT2D eigenvalue weighted by atomic mass is 28.4. The number of aromatic nitrogens is 2. The van der Waals surface area contributed by atoms with Crippen molar-refractivity contribution < 1.29 is 23.8 Å². The van der Waals surface area contributed by atoms with Gasteiger partial charge in [-0.2, -0.15) is 0 Å². The number of nitrogens with one attached hydrogen (secondary N) is 1. The fourth-order valence-electron chi connectivity index (χ4n) is 3.61. The summed E-state index contributed by atoms with van der Waals surface area (Å²) in [5.74, 6) is -0.552.